The molecule has 0 radical (unpaired) electrons. The largest absolute Gasteiger partial charge is 0.465 e. The molecule has 0 spiro atoms. The lowest BCUT2D eigenvalue weighted by Crippen LogP contribution is -2.40. The maximum atomic E-state index is 13.4. The fourth-order valence-corrected chi connectivity index (χ4v) is 4.80. The minimum Gasteiger partial charge on any atom is -0.465 e. The van der Waals surface area contributed by atoms with Crippen molar-refractivity contribution in [3.05, 3.63) is 63.3 Å². The Morgan fingerprint density at radius 3 is 2.70 bits per heavy atom. The van der Waals surface area contributed by atoms with E-state index in [2.05, 4.69) is 21.2 Å². The molecule has 0 aliphatic carbocycles. The maximum Gasteiger partial charge on any atom is 0.407 e. The molecule has 9 heteroatoms. The van der Waals surface area contributed by atoms with E-state index in [9.17, 15) is 19.5 Å². The molecule has 172 valence electrons. The van der Waals surface area contributed by atoms with Gasteiger partial charge in [0.1, 0.15) is 11.3 Å². The molecule has 2 aromatic carbocycles. The Hall–Kier alpha value is -3.33. The number of nitrogens with two attached hydrogens (primary N) is 1. The molecule has 0 bridgehead atoms. The predicted octanol–water partition coefficient (Wildman–Crippen LogP) is 5.17. The standard InChI is InChI=1S/C24H24BrN3O5/c1-12(2)10-18-15-4-3-5-16(14(15)8-9-28(18)24(31)32)23(30)27-20-17-11-13(25)6-7-19(17)33-21(20)22(26)29/h3-7,11-12,18H,8-10H2,1-2H3,(H2,26,29)(H,27,30)(H,31,32). The van der Waals surface area contributed by atoms with E-state index in [-0.39, 0.29) is 23.4 Å². The van der Waals surface area contributed by atoms with E-state index in [0.717, 1.165) is 15.6 Å². The Labute approximate surface area is 198 Å². The monoisotopic (exact) mass is 513 g/mol. The summed E-state index contributed by atoms with van der Waals surface area (Å²) in [5.74, 6) is -1.06. The molecule has 4 N–H and O–H groups in total. The van der Waals surface area contributed by atoms with Crippen LogP contribution in [0, 0.1) is 5.92 Å². The molecule has 8 nitrogen and oxygen atoms in total. The summed E-state index contributed by atoms with van der Waals surface area (Å²) in [6.07, 6.45) is 0.0965. The van der Waals surface area contributed by atoms with Crippen molar-refractivity contribution in [3.63, 3.8) is 0 Å². The molecular weight excluding hydrogens is 490 g/mol. The highest BCUT2D eigenvalue weighted by Crippen LogP contribution is 2.37. The third kappa shape index (κ3) is 4.32. The van der Waals surface area contributed by atoms with Crippen molar-refractivity contribution in [3.8, 4) is 0 Å². The third-order valence-electron chi connectivity index (χ3n) is 5.85. The van der Waals surface area contributed by atoms with Gasteiger partial charge in [0.2, 0.25) is 5.76 Å². The Morgan fingerprint density at radius 1 is 1.27 bits per heavy atom. The van der Waals surface area contributed by atoms with Crippen LogP contribution >= 0.6 is 15.9 Å². The number of furan rings is 1. The number of benzene rings is 2. The first kappa shape index (κ1) is 22.8. The van der Waals surface area contributed by atoms with Gasteiger partial charge in [-0.05, 0) is 54.2 Å². The minimum atomic E-state index is -0.970. The van der Waals surface area contributed by atoms with E-state index < -0.39 is 17.9 Å². The van der Waals surface area contributed by atoms with Gasteiger partial charge in [0.25, 0.3) is 11.8 Å². The highest BCUT2D eigenvalue weighted by atomic mass is 79.9. The lowest BCUT2D eigenvalue weighted by molar-refractivity contribution is 0.0976. The number of primary amides is 1. The van der Waals surface area contributed by atoms with E-state index in [4.69, 9.17) is 10.2 Å². The molecule has 1 aliphatic heterocycles. The van der Waals surface area contributed by atoms with Crippen LogP contribution in [0.1, 0.15) is 58.3 Å². The van der Waals surface area contributed by atoms with Crippen LogP contribution in [-0.2, 0) is 6.42 Å². The van der Waals surface area contributed by atoms with Crippen LogP contribution in [0.3, 0.4) is 0 Å². The van der Waals surface area contributed by atoms with Crippen molar-refractivity contribution in [1.29, 1.82) is 0 Å². The minimum absolute atomic E-state index is 0.129. The Bertz CT molecular complexity index is 1270. The van der Waals surface area contributed by atoms with Crippen molar-refractivity contribution in [2.45, 2.75) is 32.7 Å². The van der Waals surface area contributed by atoms with Gasteiger partial charge in [0, 0.05) is 22.0 Å². The van der Waals surface area contributed by atoms with E-state index in [1.54, 1.807) is 30.3 Å². The first-order valence-corrected chi connectivity index (χ1v) is 11.4. The van der Waals surface area contributed by atoms with Gasteiger partial charge in [-0.2, -0.15) is 0 Å². The molecule has 1 unspecified atom stereocenters. The summed E-state index contributed by atoms with van der Waals surface area (Å²) in [5.41, 5.74) is 8.21. The van der Waals surface area contributed by atoms with E-state index in [1.807, 2.05) is 19.9 Å². The number of nitrogens with one attached hydrogen (secondary N) is 1. The summed E-state index contributed by atoms with van der Waals surface area (Å²) >= 11 is 3.39. The van der Waals surface area contributed by atoms with Crippen LogP contribution < -0.4 is 11.1 Å². The molecule has 4 rings (SSSR count). The zero-order valence-electron chi connectivity index (χ0n) is 18.2. The molecule has 1 aliphatic rings. The normalized spacial score (nSPS) is 15.5. The summed E-state index contributed by atoms with van der Waals surface area (Å²) in [4.78, 5) is 38.6. The van der Waals surface area contributed by atoms with E-state index in [1.165, 1.54) is 4.90 Å². The summed E-state index contributed by atoms with van der Waals surface area (Å²) in [7, 11) is 0. The SMILES string of the molecule is CC(C)CC1c2cccc(C(=O)Nc3c(C(N)=O)oc4ccc(Br)cc34)c2CCN1C(=O)O. The number of carbonyl (C=O) groups is 3. The van der Waals surface area contributed by atoms with E-state index in [0.29, 0.717) is 35.9 Å². The fourth-order valence-electron chi connectivity index (χ4n) is 4.44. The third-order valence-corrected chi connectivity index (χ3v) is 6.34. The first-order chi connectivity index (χ1) is 15.7. The van der Waals surface area contributed by atoms with Crippen molar-refractivity contribution in [2.75, 3.05) is 11.9 Å². The molecular formula is C24H24BrN3O5. The number of nitrogens with zero attached hydrogens (tertiary/aromatic N) is 1. The number of hydrogen-bond acceptors (Lipinski definition) is 4. The van der Waals surface area contributed by atoms with Crippen LogP contribution in [0.2, 0.25) is 0 Å². The molecule has 1 aromatic heterocycles. The van der Waals surface area contributed by atoms with Crippen LogP contribution in [-0.4, -0.2) is 34.5 Å². The van der Waals surface area contributed by atoms with Crippen LogP contribution in [0.25, 0.3) is 11.0 Å². The number of halogens is 1. The van der Waals surface area contributed by atoms with Gasteiger partial charge in [0.05, 0.1) is 6.04 Å². The number of hydrogen-bond donors (Lipinski definition) is 3. The van der Waals surface area contributed by atoms with Gasteiger partial charge in [-0.1, -0.05) is 41.9 Å². The van der Waals surface area contributed by atoms with Crippen molar-refractivity contribution in [1.82, 2.24) is 4.90 Å². The van der Waals surface area contributed by atoms with E-state index >= 15 is 0 Å². The second-order valence-electron chi connectivity index (χ2n) is 8.51. The number of carbonyl (C=O) groups excluding carboxylic acids is 2. The average molecular weight is 514 g/mol. The molecule has 0 saturated heterocycles. The number of anilines is 1. The lowest BCUT2D eigenvalue weighted by atomic mass is 9.85. The first-order valence-electron chi connectivity index (χ1n) is 10.6. The topological polar surface area (TPSA) is 126 Å². The summed E-state index contributed by atoms with van der Waals surface area (Å²) in [6, 6.07) is 10.2. The summed E-state index contributed by atoms with van der Waals surface area (Å²) in [6.45, 7) is 4.38. The van der Waals surface area contributed by atoms with Crippen molar-refractivity contribution in [2.24, 2.45) is 11.7 Å². The summed E-state index contributed by atoms with van der Waals surface area (Å²) < 4.78 is 6.34. The molecule has 0 saturated carbocycles. The van der Waals surface area contributed by atoms with Gasteiger partial charge >= 0.3 is 6.09 Å². The zero-order valence-corrected chi connectivity index (χ0v) is 19.8. The fraction of sp³-hybridized carbons (Fsp3) is 0.292. The molecule has 2 heterocycles. The van der Waals surface area contributed by atoms with Gasteiger partial charge in [-0.25, -0.2) is 4.79 Å². The molecule has 0 fully saturated rings. The Morgan fingerprint density at radius 2 is 2.03 bits per heavy atom. The molecule has 33 heavy (non-hydrogen) atoms. The van der Waals surface area contributed by atoms with Gasteiger partial charge in [-0.3, -0.25) is 9.59 Å². The Kier molecular flexibility index (Phi) is 6.16. The van der Waals surface area contributed by atoms with Gasteiger partial charge in [0.15, 0.2) is 0 Å². The maximum absolute atomic E-state index is 13.4. The lowest BCUT2D eigenvalue weighted by Gasteiger charge is -2.37. The number of carboxylic acid groups (broad SMARTS) is 1. The second-order valence-corrected chi connectivity index (χ2v) is 9.43. The van der Waals surface area contributed by atoms with Crippen LogP contribution in [0.4, 0.5) is 10.5 Å². The average Bonchev–Trinajstić information content (AvgIpc) is 3.10. The quantitative estimate of drug-likeness (QED) is 0.433. The van der Waals surface area contributed by atoms with Crippen LogP contribution in [0.15, 0.2) is 45.3 Å². The van der Waals surface area contributed by atoms with Crippen molar-refractivity contribution >= 4 is 50.5 Å². The zero-order chi connectivity index (χ0) is 23.9. The molecule has 1 atom stereocenters. The molecule has 3 aromatic rings. The smallest absolute Gasteiger partial charge is 0.407 e. The van der Waals surface area contributed by atoms with Crippen molar-refractivity contribution < 1.29 is 23.9 Å². The number of fused-ring (bicyclic) bond motifs is 2. The predicted molar refractivity (Wildman–Crippen MR) is 127 cm³/mol. The molecule has 3 amide bonds. The second kappa shape index (κ2) is 8.90. The highest BCUT2D eigenvalue weighted by molar-refractivity contribution is 9.10. The number of amides is 3. The van der Waals surface area contributed by atoms with Gasteiger partial charge < -0.3 is 25.5 Å². The van der Waals surface area contributed by atoms with Crippen LogP contribution in [0.5, 0.6) is 0 Å². The number of rotatable bonds is 5. The highest BCUT2D eigenvalue weighted by Gasteiger charge is 2.33. The van der Waals surface area contributed by atoms with Gasteiger partial charge in [-0.15, -0.1) is 0 Å². The summed E-state index contributed by atoms with van der Waals surface area (Å²) in [5, 5.41) is 13.1. The Balaban J connectivity index is 1.75.